The van der Waals surface area contributed by atoms with Gasteiger partial charge in [-0.05, 0) is 41.8 Å². The number of hydrogen-bond donors (Lipinski definition) is 3. The third kappa shape index (κ3) is 5.14. The average Bonchev–Trinajstić information content (AvgIpc) is 3.53. The highest BCUT2D eigenvalue weighted by atomic mass is 19.3. The molecular formula is C25H23F4N5O4. The smallest absolute Gasteiger partial charge is 0.322 e. The van der Waals surface area contributed by atoms with Gasteiger partial charge in [0.2, 0.25) is 0 Å². The Labute approximate surface area is 214 Å². The fourth-order valence-corrected chi connectivity index (χ4v) is 4.50. The average molecular weight is 533 g/mol. The third-order valence-electron chi connectivity index (χ3n) is 6.45. The standard InChI is InChI=1S/C25H23F4N5O4/c26-17-3-15(4-18(6-17)38-11-23(36)33-12-25(28,29)13-33)21(10-35)32-24(37)34-2-1-14-5-19(16-8-30-31-9-16)20(27)7-22(14)34/h3-9,21,35H,1-2,10-13H2,(H,30,31)(H,32,37)/t21-/m1/s1. The largest absolute Gasteiger partial charge is 0.484 e. The molecular weight excluding hydrogens is 510 g/mol. The Morgan fingerprint density at radius 1 is 1.18 bits per heavy atom. The van der Waals surface area contributed by atoms with Crippen molar-refractivity contribution < 1.29 is 37.0 Å². The summed E-state index contributed by atoms with van der Waals surface area (Å²) in [4.78, 5) is 27.3. The summed E-state index contributed by atoms with van der Waals surface area (Å²) in [5.41, 5.74) is 2.20. The number of benzene rings is 2. The van der Waals surface area contributed by atoms with Gasteiger partial charge >= 0.3 is 6.03 Å². The van der Waals surface area contributed by atoms with Crippen LogP contribution < -0.4 is 15.0 Å². The van der Waals surface area contributed by atoms with Gasteiger partial charge in [0, 0.05) is 29.9 Å². The van der Waals surface area contributed by atoms with Crippen LogP contribution >= 0.6 is 0 Å². The van der Waals surface area contributed by atoms with Crippen molar-refractivity contribution in [3.05, 3.63) is 65.5 Å². The number of anilines is 1. The minimum absolute atomic E-state index is 0.0753. The Morgan fingerprint density at radius 3 is 2.66 bits per heavy atom. The van der Waals surface area contributed by atoms with Gasteiger partial charge in [-0.25, -0.2) is 22.4 Å². The molecule has 0 saturated carbocycles. The molecule has 1 saturated heterocycles. The van der Waals surface area contributed by atoms with Gasteiger partial charge in [0.1, 0.15) is 17.4 Å². The molecule has 3 heterocycles. The van der Waals surface area contributed by atoms with Gasteiger partial charge in [-0.15, -0.1) is 0 Å². The van der Waals surface area contributed by atoms with Crippen LogP contribution in [0.2, 0.25) is 0 Å². The van der Waals surface area contributed by atoms with E-state index in [9.17, 15) is 32.3 Å². The van der Waals surface area contributed by atoms with Gasteiger partial charge in [-0.1, -0.05) is 0 Å². The van der Waals surface area contributed by atoms with Gasteiger partial charge in [0.25, 0.3) is 11.8 Å². The van der Waals surface area contributed by atoms with Crippen molar-refractivity contribution in [3.63, 3.8) is 0 Å². The lowest BCUT2D eigenvalue weighted by Crippen LogP contribution is -2.59. The summed E-state index contributed by atoms with van der Waals surface area (Å²) in [5.74, 6) is -4.96. The highest BCUT2D eigenvalue weighted by Crippen LogP contribution is 2.35. The Morgan fingerprint density at radius 2 is 1.97 bits per heavy atom. The molecule has 3 aromatic rings. The lowest BCUT2D eigenvalue weighted by Gasteiger charge is -2.38. The maximum Gasteiger partial charge on any atom is 0.322 e. The highest BCUT2D eigenvalue weighted by Gasteiger charge is 2.46. The highest BCUT2D eigenvalue weighted by molar-refractivity contribution is 5.95. The SMILES string of the molecule is O=C(COc1cc(F)cc([C@@H](CO)NC(=O)N2CCc3cc(-c4cn[nH]c4)c(F)cc32)c1)N1CC(F)(F)C1. The van der Waals surface area contributed by atoms with E-state index in [0.29, 0.717) is 23.2 Å². The van der Waals surface area contributed by atoms with Gasteiger partial charge < -0.3 is 20.1 Å². The molecule has 3 amide bonds. The molecule has 9 nitrogen and oxygen atoms in total. The summed E-state index contributed by atoms with van der Waals surface area (Å²) < 4.78 is 60.3. The fourth-order valence-electron chi connectivity index (χ4n) is 4.50. The number of hydrogen-bond acceptors (Lipinski definition) is 5. The molecule has 38 heavy (non-hydrogen) atoms. The second kappa shape index (κ2) is 9.97. The van der Waals surface area contributed by atoms with Gasteiger partial charge in [0.05, 0.1) is 37.6 Å². The van der Waals surface area contributed by atoms with Crippen LogP contribution in [0.25, 0.3) is 11.1 Å². The quantitative estimate of drug-likeness (QED) is 0.405. The number of halogens is 4. The number of amides is 3. The van der Waals surface area contributed by atoms with Gasteiger partial charge in [-0.2, -0.15) is 5.10 Å². The van der Waals surface area contributed by atoms with E-state index in [4.69, 9.17) is 4.74 Å². The van der Waals surface area contributed by atoms with E-state index in [2.05, 4.69) is 15.5 Å². The topological polar surface area (TPSA) is 111 Å². The molecule has 1 fully saturated rings. The first-order valence-electron chi connectivity index (χ1n) is 11.7. The molecule has 0 aliphatic carbocycles. The molecule has 2 aromatic carbocycles. The zero-order valence-corrected chi connectivity index (χ0v) is 19.9. The van der Waals surface area contributed by atoms with Crippen LogP contribution in [-0.2, 0) is 11.2 Å². The number of fused-ring (bicyclic) bond motifs is 1. The summed E-state index contributed by atoms with van der Waals surface area (Å²) in [5, 5.41) is 19.0. The van der Waals surface area contributed by atoms with Crippen molar-refractivity contribution in [2.45, 2.75) is 18.4 Å². The molecule has 2 aliphatic heterocycles. The number of nitrogens with zero attached hydrogens (tertiary/aromatic N) is 3. The van der Waals surface area contributed by atoms with E-state index >= 15 is 0 Å². The van der Waals surface area contributed by atoms with Crippen LogP contribution in [-0.4, -0.2) is 70.9 Å². The van der Waals surface area contributed by atoms with E-state index in [1.54, 1.807) is 12.3 Å². The first-order valence-corrected chi connectivity index (χ1v) is 11.7. The maximum absolute atomic E-state index is 14.8. The van der Waals surface area contributed by atoms with E-state index in [-0.39, 0.29) is 17.9 Å². The predicted molar refractivity (Wildman–Crippen MR) is 127 cm³/mol. The van der Waals surface area contributed by atoms with Crippen LogP contribution in [0.1, 0.15) is 17.2 Å². The number of nitrogens with one attached hydrogen (secondary N) is 2. The number of likely N-dealkylation sites (tertiary alicyclic amines) is 1. The van der Waals surface area contributed by atoms with Crippen LogP contribution in [0.4, 0.5) is 28.0 Å². The molecule has 200 valence electrons. The second-order valence-electron chi connectivity index (χ2n) is 9.15. The van der Waals surface area contributed by atoms with E-state index < -0.39 is 61.8 Å². The fraction of sp³-hybridized carbons (Fsp3) is 0.320. The summed E-state index contributed by atoms with van der Waals surface area (Å²) in [6.07, 6.45) is 3.53. The normalized spacial score (nSPS) is 16.6. The number of aliphatic hydroxyl groups is 1. The van der Waals surface area contributed by atoms with Crippen LogP contribution in [0.5, 0.6) is 5.75 Å². The molecule has 1 atom stereocenters. The van der Waals surface area contributed by atoms with Gasteiger partial charge in [-0.3, -0.25) is 14.8 Å². The first-order chi connectivity index (χ1) is 18.1. The molecule has 2 aliphatic rings. The number of alkyl halides is 2. The number of H-pyrrole nitrogens is 1. The zero-order chi connectivity index (χ0) is 27.0. The zero-order valence-electron chi connectivity index (χ0n) is 19.9. The van der Waals surface area contributed by atoms with Crippen molar-refractivity contribution in [2.75, 3.05) is 37.7 Å². The van der Waals surface area contributed by atoms with Crippen LogP contribution in [0.3, 0.4) is 0 Å². The minimum Gasteiger partial charge on any atom is -0.484 e. The van der Waals surface area contributed by atoms with Crippen molar-refractivity contribution >= 4 is 17.6 Å². The Bertz CT molecular complexity index is 1360. The predicted octanol–water partition coefficient (Wildman–Crippen LogP) is 3.02. The summed E-state index contributed by atoms with van der Waals surface area (Å²) in [7, 11) is 0. The number of urea groups is 1. The monoisotopic (exact) mass is 533 g/mol. The molecule has 0 radical (unpaired) electrons. The van der Waals surface area contributed by atoms with Crippen molar-refractivity contribution in [1.82, 2.24) is 20.4 Å². The number of rotatable bonds is 7. The van der Waals surface area contributed by atoms with E-state index in [1.165, 1.54) is 23.2 Å². The van der Waals surface area contributed by atoms with Crippen molar-refractivity contribution in [2.24, 2.45) is 0 Å². The van der Waals surface area contributed by atoms with E-state index in [1.807, 2.05) is 0 Å². The molecule has 3 N–H and O–H groups in total. The maximum atomic E-state index is 14.8. The summed E-state index contributed by atoms with van der Waals surface area (Å²) in [6, 6.07) is 4.65. The molecule has 1 aromatic heterocycles. The number of aliphatic hydroxyl groups excluding tert-OH is 1. The molecule has 0 bridgehead atoms. The number of aromatic nitrogens is 2. The van der Waals surface area contributed by atoms with Gasteiger partial charge in [0.15, 0.2) is 6.61 Å². The molecule has 0 spiro atoms. The Hall–Kier alpha value is -4.13. The minimum atomic E-state index is -2.92. The number of aromatic amines is 1. The molecule has 13 heteroatoms. The molecule has 5 rings (SSSR count). The number of ether oxygens (including phenoxy) is 1. The van der Waals surface area contributed by atoms with E-state index in [0.717, 1.165) is 22.6 Å². The number of carbonyl (C=O) groups is 2. The Balaban J connectivity index is 1.27. The van der Waals surface area contributed by atoms with Crippen molar-refractivity contribution in [1.29, 1.82) is 0 Å². The van der Waals surface area contributed by atoms with Crippen LogP contribution in [0, 0.1) is 11.6 Å². The lowest BCUT2D eigenvalue weighted by molar-refractivity contribution is -0.167. The van der Waals surface area contributed by atoms with Crippen LogP contribution in [0.15, 0.2) is 42.7 Å². The summed E-state index contributed by atoms with van der Waals surface area (Å²) >= 11 is 0. The lowest BCUT2D eigenvalue weighted by atomic mass is 10.0. The second-order valence-corrected chi connectivity index (χ2v) is 9.15. The Kier molecular flexibility index (Phi) is 6.69. The molecule has 0 unspecified atom stereocenters. The number of carbonyl (C=O) groups excluding carboxylic acids is 2. The third-order valence-corrected chi connectivity index (χ3v) is 6.45. The van der Waals surface area contributed by atoms with Crippen molar-refractivity contribution in [3.8, 4) is 16.9 Å². The first kappa shape index (κ1) is 25.5. The summed E-state index contributed by atoms with van der Waals surface area (Å²) in [6.45, 7) is -2.30.